The van der Waals surface area contributed by atoms with E-state index in [9.17, 15) is 4.79 Å². The second kappa shape index (κ2) is 6.00. The predicted molar refractivity (Wildman–Crippen MR) is 74.6 cm³/mol. The molecule has 110 valence electrons. The normalized spacial score (nSPS) is 18.0. The molecule has 6 heteroatoms. The molecule has 0 aromatic heterocycles. The van der Waals surface area contributed by atoms with Crippen molar-refractivity contribution in [1.82, 2.24) is 4.90 Å². The van der Waals surface area contributed by atoms with Gasteiger partial charge in [-0.3, -0.25) is 4.79 Å². The molecule has 1 amide bonds. The molecule has 0 bridgehead atoms. The Labute approximate surface area is 118 Å². The Morgan fingerprint density at radius 2 is 1.80 bits per heavy atom. The summed E-state index contributed by atoms with van der Waals surface area (Å²) >= 11 is 0. The number of amides is 1. The molecule has 1 unspecified atom stereocenters. The number of carbonyl (C=O) groups excluding carboxylic acids is 1. The topological polar surface area (TPSA) is 74.0 Å². The Balaban J connectivity index is 2.34. The fourth-order valence-corrected chi connectivity index (χ4v) is 2.36. The molecule has 0 saturated carbocycles. The lowest BCUT2D eigenvalue weighted by molar-refractivity contribution is 0.0790. The summed E-state index contributed by atoms with van der Waals surface area (Å²) in [6.45, 7) is 1.26. The van der Waals surface area contributed by atoms with E-state index >= 15 is 0 Å². The van der Waals surface area contributed by atoms with Crippen LogP contribution in [0.4, 0.5) is 0 Å². The fourth-order valence-electron chi connectivity index (χ4n) is 2.36. The zero-order valence-corrected chi connectivity index (χ0v) is 12.0. The Kier molecular flexibility index (Phi) is 4.34. The largest absolute Gasteiger partial charge is 0.493 e. The van der Waals surface area contributed by atoms with Gasteiger partial charge in [-0.2, -0.15) is 0 Å². The minimum atomic E-state index is -0.0720. The molecule has 1 atom stereocenters. The first-order chi connectivity index (χ1) is 9.60. The Bertz CT molecular complexity index is 479. The maximum atomic E-state index is 12.4. The standard InChI is InChI=1S/C14H20N2O4/c1-18-11-6-9(7-12(19-2)13(11)20-3)14(17)16-5-4-10(15)8-16/h6-7,10H,4-5,8,15H2,1-3H3. The predicted octanol–water partition coefficient (Wildman–Crippen LogP) is 0.886. The lowest BCUT2D eigenvalue weighted by Gasteiger charge is -2.18. The van der Waals surface area contributed by atoms with Gasteiger partial charge in [0.2, 0.25) is 5.75 Å². The molecule has 1 heterocycles. The van der Waals surface area contributed by atoms with Crippen molar-refractivity contribution in [1.29, 1.82) is 0 Å². The summed E-state index contributed by atoms with van der Waals surface area (Å²) in [4.78, 5) is 14.2. The maximum Gasteiger partial charge on any atom is 0.254 e. The highest BCUT2D eigenvalue weighted by Crippen LogP contribution is 2.38. The van der Waals surface area contributed by atoms with E-state index in [0.29, 0.717) is 35.9 Å². The van der Waals surface area contributed by atoms with E-state index in [0.717, 1.165) is 6.42 Å². The van der Waals surface area contributed by atoms with Gasteiger partial charge in [0.15, 0.2) is 11.5 Å². The number of methoxy groups -OCH3 is 3. The number of likely N-dealkylation sites (tertiary alicyclic amines) is 1. The summed E-state index contributed by atoms with van der Waals surface area (Å²) in [6, 6.07) is 3.38. The van der Waals surface area contributed by atoms with E-state index in [-0.39, 0.29) is 11.9 Å². The molecule has 1 fully saturated rings. The van der Waals surface area contributed by atoms with Crippen molar-refractivity contribution < 1.29 is 19.0 Å². The van der Waals surface area contributed by atoms with Crippen LogP contribution in [0.25, 0.3) is 0 Å². The summed E-state index contributed by atoms with van der Waals surface area (Å²) in [5.41, 5.74) is 6.34. The van der Waals surface area contributed by atoms with E-state index in [1.54, 1.807) is 17.0 Å². The van der Waals surface area contributed by atoms with Crippen molar-refractivity contribution in [2.75, 3.05) is 34.4 Å². The van der Waals surface area contributed by atoms with Crippen molar-refractivity contribution in [2.45, 2.75) is 12.5 Å². The van der Waals surface area contributed by atoms with E-state index in [1.807, 2.05) is 0 Å². The van der Waals surface area contributed by atoms with Crippen molar-refractivity contribution in [2.24, 2.45) is 5.73 Å². The summed E-state index contributed by atoms with van der Waals surface area (Å²) in [7, 11) is 4.58. The number of rotatable bonds is 4. The van der Waals surface area contributed by atoms with Crippen LogP contribution < -0.4 is 19.9 Å². The average Bonchev–Trinajstić information content (AvgIpc) is 2.91. The quantitative estimate of drug-likeness (QED) is 0.886. The lowest BCUT2D eigenvalue weighted by Crippen LogP contribution is -2.31. The molecule has 1 aromatic carbocycles. The monoisotopic (exact) mass is 280 g/mol. The van der Waals surface area contributed by atoms with E-state index < -0.39 is 0 Å². The highest BCUT2D eigenvalue weighted by Gasteiger charge is 2.26. The third-order valence-corrected chi connectivity index (χ3v) is 3.42. The van der Waals surface area contributed by atoms with Crippen LogP contribution in [-0.2, 0) is 0 Å². The summed E-state index contributed by atoms with van der Waals surface area (Å²) in [5.74, 6) is 1.35. The number of ether oxygens (including phenoxy) is 3. The summed E-state index contributed by atoms with van der Waals surface area (Å²) < 4.78 is 15.7. The molecule has 6 nitrogen and oxygen atoms in total. The zero-order chi connectivity index (χ0) is 14.7. The van der Waals surface area contributed by atoms with Gasteiger partial charge in [-0.1, -0.05) is 0 Å². The third-order valence-electron chi connectivity index (χ3n) is 3.42. The Morgan fingerprint density at radius 1 is 1.20 bits per heavy atom. The Morgan fingerprint density at radius 3 is 2.20 bits per heavy atom. The number of benzene rings is 1. The van der Waals surface area contributed by atoms with Crippen LogP contribution in [0.3, 0.4) is 0 Å². The SMILES string of the molecule is COc1cc(C(=O)N2CCC(N)C2)cc(OC)c1OC. The molecule has 0 radical (unpaired) electrons. The van der Waals surface area contributed by atoms with Crippen molar-refractivity contribution in [3.05, 3.63) is 17.7 Å². The number of nitrogens with two attached hydrogens (primary N) is 1. The van der Waals surface area contributed by atoms with Crippen LogP contribution >= 0.6 is 0 Å². The van der Waals surface area contributed by atoms with Gasteiger partial charge in [0.05, 0.1) is 21.3 Å². The van der Waals surface area contributed by atoms with Crippen LogP contribution in [0.5, 0.6) is 17.2 Å². The lowest BCUT2D eigenvalue weighted by atomic mass is 10.1. The third kappa shape index (κ3) is 2.65. The summed E-state index contributed by atoms with van der Waals surface area (Å²) in [6.07, 6.45) is 0.830. The molecule has 2 N–H and O–H groups in total. The van der Waals surface area contributed by atoms with Crippen molar-refractivity contribution in [3.63, 3.8) is 0 Å². The van der Waals surface area contributed by atoms with Gasteiger partial charge in [0, 0.05) is 24.7 Å². The molecule has 2 rings (SSSR count). The van der Waals surface area contributed by atoms with Gasteiger partial charge >= 0.3 is 0 Å². The van der Waals surface area contributed by atoms with Gasteiger partial charge in [0.25, 0.3) is 5.91 Å². The minimum Gasteiger partial charge on any atom is -0.493 e. The molecule has 1 aliphatic heterocycles. The fraction of sp³-hybridized carbons (Fsp3) is 0.500. The molecule has 20 heavy (non-hydrogen) atoms. The van der Waals surface area contributed by atoms with Crippen molar-refractivity contribution in [3.8, 4) is 17.2 Å². The average molecular weight is 280 g/mol. The van der Waals surface area contributed by atoms with Crippen molar-refractivity contribution >= 4 is 5.91 Å². The van der Waals surface area contributed by atoms with Crippen LogP contribution in [-0.4, -0.2) is 51.3 Å². The smallest absolute Gasteiger partial charge is 0.254 e. The van der Waals surface area contributed by atoms with Crippen LogP contribution in [0.2, 0.25) is 0 Å². The van der Waals surface area contributed by atoms with Crippen LogP contribution in [0.15, 0.2) is 12.1 Å². The first-order valence-corrected chi connectivity index (χ1v) is 6.45. The molecule has 1 aromatic rings. The van der Waals surface area contributed by atoms with E-state index in [4.69, 9.17) is 19.9 Å². The van der Waals surface area contributed by atoms with E-state index in [1.165, 1.54) is 21.3 Å². The number of nitrogens with zero attached hydrogens (tertiary/aromatic N) is 1. The first-order valence-electron chi connectivity index (χ1n) is 6.45. The van der Waals surface area contributed by atoms with Gasteiger partial charge in [0.1, 0.15) is 0 Å². The number of carbonyl (C=O) groups is 1. The van der Waals surface area contributed by atoms with Gasteiger partial charge < -0.3 is 24.8 Å². The van der Waals surface area contributed by atoms with Gasteiger partial charge in [-0.25, -0.2) is 0 Å². The molecule has 1 saturated heterocycles. The van der Waals surface area contributed by atoms with Gasteiger partial charge in [-0.15, -0.1) is 0 Å². The second-order valence-electron chi connectivity index (χ2n) is 4.71. The highest BCUT2D eigenvalue weighted by atomic mass is 16.5. The number of hydrogen-bond donors (Lipinski definition) is 1. The molecular weight excluding hydrogens is 260 g/mol. The van der Waals surface area contributed by atoms with Gasteiger partial charge in [-0.05, 0) is 18.6 Å². The molecule has 0 aliphatic carbocycles. The number of hydrogen-bond acceptors (Lipinski definition) is 5. The first kappa shape index (κ1) is 14.5. The molecular formula is C14H20N2O4. The molecule has 1 aliphatic rings. The molecule has 0 spiro atoms. The summed E-state index contributed by atoms with van der Waals surface area (Å²) in [5, 5.41) is 0. The van der Waals surface area contributed by atoms with Crippen LogP contribution in [0.1, 0.15) is 16.8 Å². The highest BCUT2D eigenvalue weighted by molar-refractivity contribution is 5.95. The second-order valence-corrected chi connectivity index (χ2v) is 4.71. The minimum absolute atomic E-state index is 0.0565. The van der Waals surface area contributed by atoms with E-state index in [2.05, 4.69) is 0 Å². The Hall–Kier alpha value is -1.95. The maximum absolute atomic E-state index is 12.4. The zero-order valence-electron chi connectivity index (χ0n) is 12.0. The van der Waals surface area contributed by atoms with Crippen LogP contribution in [0, 0.1) is 0 Å².